The van der Waals surface area contributed by atoms with Crippen molar-refractivity contribution in [1.82, 2.24) is 0 Å². The fraction of sp³-hybridized carbons (Fsp3) is 0.462. The van der Waals surface area contributed by atoms with Gasteiger partial charge in [-0.2, -0.15) is 0 Å². The Bertz CT molecular complexity index is 281. The zero-order chi connectivity index (χ0) is 11.6. The third-order valence-corrected chi connectivity index (χ3v) is 2.57. The predicted molar refractivity (Wildman–Crippen MR) is 65.6 cm³/mol. The molecule has 16 heavy (non-hydrogen) atoms. The Morgan fingerprint density at radius 2 is 1.69 bits per heavy atom. The Kier molecular flexibility index (Phi) is 6.07. The van der Waals surface area contributed by atoms with Crippen molar-refractivity contribution in [3.05, 3.63) is 30.3 Å². The summed E-state index contributed by atoms with van der Waals surface area (Å²) in [6.45, 7) is 2.86. The van der Waals surface area contributed by atoms with Crippen LogP contribution in [0.25, 0.3) is 0 Å². The third-order valence-electron chi connectivity index (χ3n) is 2.57. The molecule has 1 saturated heterocycles. The van der Waals surface area contributed by atoms with E-state index in [0.717, 1.165) is 0 Å². The molecular weight excluding hydrogens is 202 g/mol. The molecular formula is C13H19NO2. The maximum absolute atomic E-state index is 8.95. The van der Waals surface area contributed by atoms with E-state index in [0.29, 0.717) is 6.47 Å². The molecule has 0 N–H and O–H groups in total. The van der Waals surface area contributed by atoms with Crippen molar-refractivity contribution in [2.24, 2.45) is 0 Å². The van der Waals surface area contributed by atoms with Gasteiger partial charge in [0.2, 0.25) is 0 Å². The molecule has 0 atom stereocenters. The van der Waals surface area contributed by atoms with Crippen LogP contribution in [0.1, 0.15) is 19.3 Å². The van der Waals surface area contributed by atoms with Crippen molar-refractivity contribution in [1.29, 1.82) is 0 Å². The van der Waals surface area contributed by atoms with E-state index in [1.54, 1.807) is 0 Å². The topological polar surface area (TPSA) is 29.5 Å². The van der Waals surface area contributed by atoms with Gasteiger partial charge in [0.1, 0.15) is 0 Å². The van der Waals surface area contributed by atoms with Gasteiger partial charge in [0.05, 0.1) is 7.11 Å². The highest BCUT2D eigenvalue weighted by molar-refractivity contribution is 5.46. The molecule has 0 unspecified atom stereocenters. The van der Waals surface area contributed by atoms with Crippen LogP contribution in [0.2, 0.25) is 0 Å². The zero-order valence-electron chi connectivity index (χ0n) is 9.76. The minimum absolute atomic E-state index is 0.375. The first-order valence-electron chi connectivity index (χ1n) is 5.65. The fourth-order valence-corrected chi connectivity index (χ4v) is 1.79. The number of carbonyl (C=O) groups is 1. The Balaban J connectivity index is 0.000000280. The summed E-state index contributed by atoms with van der Waals surface area (Å²) in [5.41, 5.74) is 1.39. The first-order valence-corrected chi connectivity index (χ1v) is 5.65. The van der Waals surface area contributed by atoms with Crippen LogP contribution < -0.4 is 4.90 Å². The van der Waals surface area contributed by atoms with Crippen molar-refractivity contribution in [2.75, 3.05) is 25.1 Å². The summed E-state index contributed by atoms with van der Waals surface area (Å²) < 4.78 is 3.86. The van der Waals surface area contributed by atoms with Crippen LogP contribution in [0.5, 0.6) is 0 Å². The van der Waals surface area contributed by atoms with Gasteiger partial charge in [0, 0.05) is 18.8 Å². The van der Waals surface area contributed by atoms with Gasteiger partial charge in [-0.15, -0.1) is 0 Å². The molecule has 3 nitrogen and oxygen atoms in total. The van der Waals surface area contributed by atoms with E-state index in [1.807, 2.05) is 0 Å². The predicted octanol–water partition coefficient (Wildman–Crippen LogP) is 2.47. The summed E-state index contributed by atoms with van der Waals surface area (Å²) in [7, 11) is 1.31. The standard InChI is InChI=1S/C11H15N.C2H4O2/c1-3-7-11(8-4-1)12-9-5-2-6-10-12;1-4-2-3/h1,3-4,7-8H,2,5-6,9-10H2;2H,1H3. The molecule has 1 fully saturated rings. The van der Waals surface area contributed by atoms with Gasteiger partial charge in [-0.05, 0) is 31.4 Å². The van der Waals surface area contributed by atoms with Crippen molar-refractivity contribution in [3.63, 3.8) is 0 Å². The summed E-state index contributed by atoms with van der Waals surface area (Å²) in [6, 6.07) is 10.7. The SMILES string of the molecule is COC=O.c1ccc(N2CCCCC2)cc1. The molecule has 0 aliphatic carbocycles. The van der Waals surface area contributed by atoms with Crippen LogP contribution >= 0.6 is 0 Å². The minimum atomic E-state index is 0.375. The number of piperidine rings is 1. The second-order valence-corrected chi connectivity index (χ2v) is 3.72. The number of carbonyl (C=O) groups excluding carboxylic acids is 1. The maximum Gasteiger partial charge on any atom is 0.292 e. The number of ether oxygens (including phenoxy) is 1. The molecule has 1 aliphatic rings. The average molecular weight is 221 g/mol. The van der Waals surface area contributed by atoms with Gasteiger partial charge in [-0.3, -0.25) is 4.79 Å². The number of hydrogen-bond donors (Lipinski definition) is 0. The molecule has 3 heteroatoms. The van der Waals surface area contributed by atoms with Gasteiger partial charge < -0.3 is 9.64 Å². The van der Waals surface area contributed by atoms with E-state index in [9.17, 15) is 0 Å². The lowest BCUT2D eigenvalue weighted by Gasteiger charge is -2.28. The summed E-state index contributed by atoms with van der Waals surface area (Å²) in [5, 5.41) is 0. The van der Waals surface area contributed by atoms with Gasteiger partial charge in [0.15, 0.2) is 0 Å². The third kappa shape index (κ3) is 4.34. The molecule has 0 radical (unpaired) electrons. The first kappa shape index (κ1) is 12.6. The lowest BCUT2D eigenvalue weighted by Crippen LogP contribution is -2.29. The smallest absolute Gasteiger partial charge is 0.292 e. The molecule has 0 spiro atoms. The Morgan fingerprint density at radius 1 is 1.12 bits per heavy atom. The summed E-state index contributed by atoms with van der Waals surface area (Å²) in [4.78, 5) is 11.4. The first-order chi connectivity index (χ1) is 7.88. The van der Waals surface area contributed by atoms with Crippen LogP contribution in [0, 0.1) is 0 Å². The van der Waals surface area contributed by atoms with Gasteiger partial charge in [-0.25, -0.2) is 0 Å². The van der Waals surface area contributed by atoms with Crippen LogP contribution in [-0.4, -0.2) is 26.7 Å². The monoisotopic (exact) mass is 221 g/mol. The van der Waals surface area contributed by atoms with Crippen LogP contribution in [0.4, 0.5) is 5.69 Å². The lowest BCUT2D eigenvalue weighted by atomic mass is 10.1. The van der Waals surface area contributed by atoms with E-state index in [1.165, 1.54) is 45.1 Å². The van der Waals surface area contributed by atoms with Gasteiger partial charge in [0.25, 0.3) is 6.47 Å². The lowest BCUT2D eigenvalue weighted by molar-refractivity contribution is -0.126. The molecule has 1 aliphatic heterocycles. The molecule has 88 valence electrons. The van der Waals surface area contributed by atoms with Crippen LogP contribution in [0.3, 0.4) is 0 Å². The Hall–Kier alpha value is -1.51. The quantitative estimate of drug-likeness (QED) is 0.718. The maximum atomic E-state index is 8.95. The van der Waals surface area contributed by atoms with E-state index in [2.05, 4.69) is 40.0 Å². The summed E-state index contributed by atoms with van der Waals surface area (Å²) in [5.74, 6) is 0. The van der Waals surface area contributed by atoms with Gasteiger partial charge in [-0.1, -0.05) is 18.2 Å². The zero-order valence-corrected chi connectivity index (χ0v) is 9.76. The van der Waals surface area contributed by atoms with Crippen LogP contribution in [-0.2, 0) is 9.53 Å². The highest BCUT2D eigenvalue weighted by Crippen LogP contribution is 2.18. The number of hydrogen-bond acceptors (Lipinski definition) is 3. The summed E-state index contributed by atoms with van der Waals surface area (Å²) in [6.07, 6.45) is 4.12. The largest absolute Gasteiger partial charge is 0.471 e. The number of nitrogens with zero attached hydrogens (tertiary/aromatic N) is 1. The van der Waals surface area contributed by atoms with Crippen molar-refractivity contribution >= 4 is 12.2 Å². The van der Waals surface area contributed by atoms with E-state index in [4.69, 9.17) is 4.79 Å². The molecule has 2 rings (SSSR count). The summed E-state index contributed by atoms with van der Waals surface area (Å²) >= 11 is 0. The molecule has 1 heterocycles. The highest BCUT2D eigenvalue weighted by atomic mass is 16.5. The molecule has 0 aromatic heterocycles. The number of benzene rings is 1. The molecule has 0 amide bonds. The molecule has 1 aromatic rings. The van der Waals surface area contributed by atoms with Crippen molar-refractivity contribution < 1.29 is 9.53 Å². The number of rotatable bonds is 2. The van der Waals surface area contributed by atoms with Gasteiger partial charge >= 0.3 is 0 Å². The normalized spacial score (nSPS) is 14.7. The molecule has 0 bridgehead atoms. The number of anilines is 1. The number of methoxy groups -OCH3 is 1. The van der Waals surface area contributed by atoms with E-state index < -0.39 is 0 Å². The Morgan fingerprint density at radius 3 is 2.19 bits per heavy atom. The second kappa shape index (κ2) is 7.74. The number of para-hydroxylation sites is 1. The second-order valence-electron chi connectivity index (χ2n) is 3.72. The molecule has 0 saturated carbocycles. The average Bonchev–Trinajstić information content (AvgIpc) is 2.41. The fourth-order valence-electron chi connectivity index (χ4n) is 1.79. The molecule has 1 aromatic carbocycles. The van der Waals surface area contributed by atoms with Crippen LogP contribution in [0.15, 0.2) is 30.3 Å². The van der Waals surface area contributed by atoms with E-state index in [-0.39, 0.29) is 0 Å². The minimum Gasteiger partial charge on any atom is -0.471 e. The van der Waals surface area contributed by atoms with Crippen molar-refractivity contribution in [3.8, 4) is 0 Å². The van der Waals surface area contributed by atoms with Crippen molar-refractivity contribution in [2.45, 2.75) is 19.3 Å². The highest BCUT2D eigenvalue weighted by Gasteiger charge is 2.09. The Labute approximate surface area is 97.0 Å². The van der Waals surface area contributed by atoms with E-state index >= 15 is 0 Å².